The number of piperazine rings is 1. The highest BCUT2D eigenvalue weighted by Gasteiger charge is 2.29. The van der Waals surface area contributed by atoms with Crippen LogP contribution in [0.25, 0.3) is 0 Å². The van der Waals surface area contributed by atoms with Crippen LogP contribution in [0, 0.1) is 6.92 Å². The van der Waals surface area contributed by atoms with Gasteiger partial charge in [0.15, 0.2) is 10.9 Å². The summed E-state index contributed by atoms with van der Waals surface area (Å²) in [6.07, 6.45) is 4.80. The third-order valence-electron chi connectivity index (χ3n) is 4.46. The molecule has 2 aromatic heterocycles. The Morgan fingerprint density at radius 3 is 2.80 bits per heavy atom. The van der Waals surface area contributed by atoms with Gasteiger partial charge in [0.1, 0.15) is 5.76 Å². The average Bonchev–Trinajstić information content (AvgIpc) is 3.28. The van der Waals surface area contributed by atoms with Crippen molar-refractivity contribution in [1.82, 2.24) is 15.0 Å². The second kappa shape index (κ2) is 8.44. The molecule has 0 unspecified atom stereocenters. The fourth-order valence-corrected chi connectivity index (χ4v) is 3.81. The second-order valence-electron chi connectivity index (χ2n) is 6.31. The van der Waals surface area contributed by atoms with Gasteiger partial charge in [-0.25, -0.2) is 4.98 Å². The SMILES string of the molecule is CCCC[C@@H](C(=O)Nc1cc(C)on1)N1CCN(c2nccs2)CC1. The quantitative estimate of drug-likeness (QED) is 0.815. The van der Waals surface area contributed by atoms with Crippen LogP contribution < -0.4 is 10.2 Å². The van der Waals surface area contributed by atoms with E-state index in [1.54, 1.807) is 17.4 Å². The number of nitrogens with zero attached hydrogens (tertiary/aromatic N) is 4. The molecule has 1 atom stereocenters. The largest absolute Gasteiger partial charge is 0.360 e. The first-order chi connectivity index (χ1) is 12.2. The molecule has 7 nitrogen and oxygen atoms in total. The van der Waals surface area contributed by atoms with Crippen LogP contribution in [0.2, 0.25) is 0 Å². The maximum atomic E-state index is 12.8. The number of carbonyl (C=O) groups is 1. The summed E-state index contributed by atoms with van der Waals surface area (Å²) in [6.45, 7) is 7.48. The van der Waals surface area contributed by atoms with Gasteiger partial charge in [-0.2, -0.15) is 0 Å². The molecule has 1 saturated heterocycles. The lowest BCUT2D eigenvalue weighted by Gasteiger charge is -2.38. The maximum absolute atomic E-state index is 12.8. The molecular formula is C17H25N5O2S. The van der Waals surface area contributed by atoms with Crippen LogP contribution in [0.3, 0.4) is 0 Å². The van der Waals surface area contributed by atoms with Gasteiger partial charge in [0.05, 0.1) is 6.04 Å². The van der Waals surface area contributed by atoms with E-state index in [0.717, 1.165) is 50.6 Å². The third-order valence-corrected chi connectivity index (χ3v) is 5.29. The fraction of sp³-hybridized carbons (Fsp3) is 0.588. The number of thiazole rings is 1. The van der Waals surface area contributed by atoms with Crippen LogP contribution in [0.1, 0.15) is 31.9 Å². The summed E-state index contributed by atoms with van der Waals surface area (Å²) in [5.41, 5.74) is 0. The van der Waals surface area contributed by atoms with Gasteiger partial charge in [0.2, 0.25) is 5.91 Å². The van der Waals surface area contributed by atoms with E-state index in [1.807, 2.05) is 18.5 Å². The van der Waals surface area contributed by atoms with E-state index in [4.69, 9.17) is 4.52 Å². The highest BCUT2D eigenvalue weighted by molar-refractivity contribution is 7.13. The lowest BCUT2D eigenvalue weighted by Crippen LogP contribution is -2.54. The number of anilines is 2. The predicted molar refractivity (Wildman–Crippen MR) is 99.1 cm³/mol. The molecule has 0 saturated carbocycles. The topological polar surface area (TPSA) is 74.5 Å². The molecule has 0 bridgehead atoms. The van der Waals surface area contributed by atoms with Crippen LogP contribution in [-0.2, 0) is 4.79 Å². The van der Waals surface area contributed by atoms with E-state index in [-0.39, 0.29) is 11.9 Å². The predicted octanol–water partition coefficient (Wildman–Crippen LogP) is 2.76. The summed E-state index contributed by atoms with van der Waals surface area (Å²) < 4.78 is 5.04. The fourth-order valence-electron chi connectivity index (χ4n) is 3.11. The van der Waals surface area contributed by atoms with Crippen molar-refractivity contribution in [3.05, 3.63) is 23.4 Å². The van der Waals surface area contributed by atoms with Gasteiger partial charge in [-0.05, 0) is 13.3 Å². The van der Waals surface area contributed by atoms with E-state index < -0.39 is 0 Å². The van der Waals surface area contributed by atoms with E-state index in [1.165, 1.54) is 0 Å². The summed E-state index contributed by atoms with van der Waals surface area (Å²) in [6, 6.07) is 1.62. The summed E-state index contributed by atoms with van der Waals surface area (Å²) in [5.74, 6) is 1.19. The Morgan fingerprint density at radius 2 is 2.20 bits per heavy atom. The first-order valence-electron chi connectivity index (χ1n) is 8.80. The third kappa shape index (κ3) is 4.58. The molecule has 3 heterocycles. The zero-order valence-corrected chi connectivity index (χ0v) is 15.6. The summed E-state index contributed by atoms with van der Waals surface area (Å²) in [5, 5.41) is 9.83. The molecule has 0 aliphatic carbocycles. The zero-order chi connectivity index (χ0) is 17.6. The highest BCUT2D eigenvalue weighted by atomic mass is 32.1. The standard InChI is InChI=1S/C17H25N5O2S/c1-3-4-5-14(16(23)19-15-12-13(2)24-20-15)21-7-9-22(10-8-21)17-18-6-11-25-17/h6,11-12,14H,3-5,7-10H2,1-2H3,(H,19,20,23)/t14-/m0/s1. The Bertz CT molecular complexity index is 664. The molecular weight excluding hydrogens is 338 g/mol. The summed E-state index contributed by atoms with van der Waals surface area (Å²) >= 11 is 1.66. The van der Waals surface area contributed by atoms with Crippen molar-refractivity contribution in [1.29, 1.82) is 0 Å². The number of hydrogen-bond acceptors (Lipinski definition) is 7. The van der Waals surface area contributed by atoms with Gasteiger partial charge in [-0.3, -0.25) is 9.69 Å². The van der Waals surface area contributed by atoms with Gasteiger partial charge in [-0.15, -0.1) is 11.3 Å². The van der Waals surface area contributed by atoms with E-state index in [9.17, 15) is 4.79 Å². The zero-order valence-electron chi connectivity index (χ0n) is 14.8. The molecule has 0 radical (unpaired) electrons. The van der Waals surface area contributed by atoms with Gasteiger partial charge >= 0.3 is 0 Å². The number of hydrogen-bond donors (Lipinski definition) is 1. The normalized spacial score (nSPS) is 16.8. The van der Waals surface area contributed by atoms with Crippen LogP contribution in [-0.4, -0.2) is 53.2 Å². The van der Waals surface area contributed by atoms with Gasteiger partial charge in [-0.1, -0.05) is 24.9 Å². The summed E-state index contributed by atoms with van der Waals surface area (Å²) in [7, 11) is 0. The summed E-state index contributed by atoms with van der Waals surface area (Å²) in [4.78, 5) is 21.7. The average molecular weight is 363 g/mol. The molecule has 25 heavy (non-hydrogen) atoms. The molecule has 3 rings (SSSR count). The molecule has 0 spiro atoms. The first-order valence-corrected chi connectivity index (χ1v) is 9.68. The molecule has 0 aromatic carbocycles. The van der Waals surface area contributed by atoms with E-state index in [0.29, 0.717) is 11.6 Å². The molecule has 8 heteroatoms. The number of amides is 1. The van der Waals surface area contributed by atoms with Crippen molar-refractivity contribution < 1.29 is 9.32 Å². The minimum atomic E-state index is -0.129. The minimum Gasteiger partial charge on any atom is -0.360 e. The monoisotopic (exact) mass is 363 g/mol. The number of unbranched alkanes of at least 4 members (excludes halogenated alkanes) is 1. The Balaban J connectivity index is 1.61. The number of nitrogens with one attached hydrogen (secondary N) is 1. The number of carbonyl (C=O) groups excluding carboxylic acids is 1. The molecule has 1 fully saturated rings. The van der Waals surface area contributed by atoms with E-state index >= 15 is 0 Å². The lowest BCUT2D eigenvalue weighted by molar-refractivity contribution is -0.121. The Morgan fingerprint density at radius 1 is 1.40 bits per heavy atom. The highest BCUT2D eigenvalue weighted by Crippen LogP contribution is 2.21. The second-order valence-corrected chi connectivity index (χ2v) is 7.18. The van der Waals surface area contributed by atoms with Crippen LogP contribution in [0.5, 0.6) is 0 Å². The smallest absolute Gasteiger partial charge is 0.242 e. The number of rotatable bonds is 7. The number of aromatic nitrogens is 2. The Hall–Kier alpha value is -1.93. The molecule has 136 valence electrons. The van der Waals surface area contributed by atoms with Crippen molar-refractivity contribution in [2.24, 2.45) is 0 Å². The Kier molecular flexibility index (Phi) is 6.04. The van der Waals surface area contributed by atoms with Crippen molar-refractivity contribution in [3.63, 3.8) is 0 Å². The van der Waals surface area contributed by atoms with Gasteiger partial charge in [0, 0.05) is 43.8 Å². The van der Waals surface area contributed by atoms with E-state index in [2.05, 4.69) is 32.2 Å². The van der Waals surface area contributed by atoms with Crippen molar-refractivity contribution in [2.75, 3.05) is 36.4 Å². The van der Waals surface area contributed by atoms with Crippen LogP contribution >= 0.6 is 11.3 Å². The van der Waals surface area contributed by atoms with Crippen LogP contribution in [0.15, 0.2) is 22.2 Å². The molecule has 1 amide bonds. The first kappa shape index (κ1) is 17.9. The van der Waals surface area contributed by atoms with Crippen molar-refractivity contribution in [3.8, 4) is 0 Å². The maximum Gasteiger partial charge on any atom is 0.242 e. The number of aryl methyl sites for hydroxylation is 1. The van der Waals surface area contributed by atoms with Crippen molar-refractivity contribution >= 4 is 28.2 Å². The lowest BCUT2D eigenvalue weighted by atomic mass is 10.1. The van der Waals surface area contributed by atoms with Crippen LogP contribution in [0.4, 0.5) is 10.9 Å². The Labute approximate surface area is 152 Å². The molecule has 1 aliphatic heterocycles. The van der Waals surface area contributed by atoms with Crippen molar-refractivity contribution in [2.45, 2.75) is 39.2 Å². The molecule has 1 aliphatic rings. The molecule has 1 N–H and O–H groups in total. The van der Waals surface area contributed by atoms with Gasteiger partial charge in [0.25, 0.3) is 0 Å². The molecule has 2 aromatic rings. The van der Waals surface area contributed by atoms with Gasteiger partial charge < -0.3 is 14.7 Å². The minimum absolute atomic E-state index is 0.00412.